The second-order valence-electron chi connectivity index (χ2n) is 6.01. The van der Waals surface area contributed by atoms with Gasteiger partial charge in [0.05, 0.1) is 31.6 Å². The van der Waals surface area contributed by atoms with E-state index in [0.717, 1.165) is 64.3 Å². The minimum Gasteiger partial charge on any atom is -0.379 e. The van der Waals surface area contributed by atoms with E-state index in [1.807, 2.05) is 10.9 Å². The van der Waals surface area contributed by atoms with E-state index in [9.17, 15) is 4.79 Å². The molecule has 7 heteroatoms. The summed E-state index contributed by atoms with van der Waals surface area (Å²) in [6.07, 6.45) is 11.0. The van der Waals surface area contributed by atoms with Gasteiger partial charge >= 0.3 is 6.03 Å². The predicted octanol–water partition coefficient (Wildman–Crippen LogP) is 1.45. The van der Waals surface area contributed by atoms with Crippen molar-refractivity contribution < 1.29 is 9.53 Å². The van der Waals surface area contributed by atoms with Gasteiger partial charge < -0.3 is 15.4 Å². The highest BCUT2D eigenvalue weighted by Crippen LogP contribution is 2.11. The molecule has 2 aliphatic rings. The Morgan fingerprint density at radius 3 is 3.00 bits per heavy atom. The van der Waals surface area contributed by atoms with Crippen molar-refractivity contribution in [3.8, 4) is 0 Å². The first-order chi connectivity index (χ1) is 11.3. The van der Waals surface area contributed by atoms with Gasteiger partial charge in [0.1, 0.15) is 0 Å². The molecular formula is C16H25N5O2. The van der Waals surface area contributed by atoms with E-state index >= 15 is 0 Å². The number of hydrogen-bond acceptors (Lipinski definition) is 4. The zero-order valence-electron chi connectivity index (χ0n) is 13.4. The molecule has 0 saturated carbocycles. The Kier molecular flexibility index (Phi) is 5.65. The number of allylic oxidation sites excluding steroid dienone is 1. The summed E-state index contributed by atoms with van der Waals surface area (Å²) < 4.78 is 7.21. The third-order valence-electron chi connectivity index (χ3n) is 4.21. The molecular weight excluding hydrogens is 294 g/mol. The Morgan fingerprint density at radius 2 is 2.22 bits per heavy atom. The zero-order valence-corrected chi connectivity index (χ0v) is 13.4. The van der Waals surface area contributed by atoms with Crippen LogP contribution in [-0.4, -0.2) is 59.6 Å². The van der Waals surface area contributed by atoms with Gasteiger partial charge in [-0.15, -0.1) is 0 Å². The SMILES string of the molecule is O=C(Nc1cnn(CCN2CCOCC2)c1)N[C@H]1C=CCCC1. The van der Waals surface area contributed by atoms with Crippen LogP contribution in [0.3, 0.4) is 0 Å². The molecule has 1 aromatic heterocycles. The molecule has 1 fully saturated rings. The number of morpholine rings is 1. The summed E-state index contributed by atoms with van der Waals surface area (Å²) in [5.74, 6) is 0. The Morgan fingerprint density at radius 1 is 1.35 bits per heavy atom. The highest BCUT2D eigenvalue weighted by atomic mass is 16.5. The highest BCUT2D eigenvalue weighted by Gasteiger charge is 2.13. The van der Waals surface area contributed by atoms with Gasteiger partial charge in [-0.05, 0) is 19.3 Å². The van der Waals surface area contributed by atoms with E-state index in [-0.39, 0.29) is 12.1 Å². The van der Waals surface area contributed by atoms with Crippen LogP contribution in [0.25, 0.3) is 0 Å². The van der Waals surface area contributed by atoms with Crippen LogP contribution in [0.5, 0.6) is 0 Å². The summed E-state index contributed by atoms with van der Waals surface area (Å²) in [5.41, 5.74) is 0.726. The fourth-order valence-corrected chi connectivity index (χ4v) is 2.89. The van der Waals surface area contributed by atoms with Crippen LogP contribution in [-0.2, 0) is 11.3 Å². The fourth-order valence-electron chi connectivity index (χ4n) is 2.89. The molecule has 0 radical (unpaired) electrons. The molecule has 1 atom stereocenters. The number of carbonyl (C=O) groups excluding carboxylic acids is 1. The molecule has 1 aliphatic heterocycles. The van der Waals surface area contributed by atoms with E-state index in [1.54, 1.807) is 6.20 Å². The molecule has 2 N–H and O–H groups in total. The molecule has 0 bridgehead atoms. The van der Waals surface area contributed by atoms with Gasteiger partial charge in [-0.2, -0.15) is 5.10 Å². The topological polar surface area (TPSA) is 71.4 Å². The lowest BCUT2D eigenvalue weighted by Gasteiger charge is -2.26. The average molecular weight is 319 g/mol. The van der Waals surface area contributed by atoms with Crippen LogP contribution in [0, 0.1) is 0 Å². The monoisotopic (exact) mass is 319 g/mol. The van der Waals surface area contributed by atoms with Crippen molar-refractivity contribution in [1.82, 2.24) is 20.0 Å². The minimum atomic E-state index is -0.172. The molecule has 0 aromatic carbocycles. The van der Waals surface area contributed by atoms with Crippen LogP contribution < -0.4 is 10.6 Å². The third-order valence-corrected chi connectivity index (χ3v) is 4.21. The first kappa shape index (κ1) is 16.0. The average Bonchev–Trinajstić information content (AvgIpc) is 3.02. The van der Waals surface area contributed by atoms with E-state index in [2.05, 4.69) is 32.8 Å². The van der Waals surface area contributed by atoms with Crippen molar-refractivity contribution in [2.75, 3.05) is 38.2 Å². The molecule has 126 valence electrons. The summed E-state index contributed by atoms with van der Waals surface area (Å²) in [6.45, 7) is 5.33. The maximum absolute atomic E-state index is 12.0. The molecule has 2 amide bonds. The maximum Gasteiger partial charge on any atom is 0.319 e. The fraction of sp³-hybridized carbons (Fsp3) is 0.625. The second-order valence-corrected chi connectivity index (χ2v) is 6.01. The number of nitrogens with one attached hydrogen (secondary N) is 2. The first-order valence-corrected chi connectivity index (χ1v) is 8.36. The largest absolute Gasteiger partial charge is 0.379 e. The van der Waals surface area contributed by atoms with E-state index in [0.29, 0.717) is 0 Å². The number of anilines is 1. The molecule has 1 saturated heterocycles. The number of aromatic nitrogens is 2. The number of ether oxygens (including phenoxy) is 1. The van der Waals surface area contributed by atoms with Crippen LogP contribution in [0.2, 0.25) is 0 Å². The molecule has 7 nitrogen and oxygen atoms in total. The van der Waals surface area contributed by atoms with Crippen molar-refractivity contribution in [3.63, 3.8) is 0 Å². The lowest BCUT2D eigenvalue weighted by Crippen LogP contribution is -2.38. The number of rotatable bonds is 5. The smallest absolute Gasteiger partial charge is 0.319 e. The quantitative estimate of drug-likeness (QED) is 0.806. The van der Waals surface area contributed by atoms with E-state index in [4.69, 9.17) is 4.74 Å². The van der Waals surface area contributed by atoms with Gasteiger partial charge in [0.25, 0.3) is 0 Å². The van der Waals surface area contributed by atoms with Crippen LogP contribution in [0.4, 0.5) is 10.5 Å². The molecule has 23 heavy (non-hydrogen) atoms. The van der Waals surface area contributed by atoms with Crippen molar-refractivity contribution in [2.45, 2.75) is 31.8 Å². The summed E-state index contributed by atoms with van der Waals surface area (Å²) in [4.78, 5) is 14.3. The van der Waals surface area contributed by atoms with Gasteiger partial charge in [-0.3, -0.25) is 9.58 Å². The summed E-state index contributed by atoms with van der Waals surface area (Å²) in [7, 11) is 0. The lowest BCUT2D eigenvalue weighted by molar-refractivity contribution is 0.0360. The molecule has 1 aromatic rings. The number of carbonyl (C=O) groups is 1. The summed E-state index contributed by atoms with van der Waals surface area (Å²) in [6, 6.07) is -0.0330. The Balaban J connectivity index is 1.42. The molecule has 3 rings (SSSR count). The van der Waals surface area contributed by atoms with Crippen molar-refractivity contribution in [3.05, 3.63) is 24.5 Å². The standard InChI is InChI=1S/C16H25N5O2/c22-16(18-14-4-2-1-3-5-14)19-15-12-17-21(13-15)7-6-20-8-10-23-11-9-20/h2,4,12-14H,1,3,5-11H2,(H2,18,19,22)/t14-/m0/s1. The van der Waals surface area contributed by atoms with Gasteiger partial charge in [0.2, 0.25) is 0 Å². The maximum atomic E-state index is 12.0. The molecule has 2 heterocycles. The summed E-state index contributed by atoms with van der Waals surface area (Å²) in [5, 5.41) is 10.1. The van der Waals surface area contributed by atoms with Crippen LogP contribution >= 0.6 is 0 Å². The third kappa shape index (κ3) is 5.07. The first-order valence-electron chi connectivity index (χ1n) is 8.36. The number of hydrogen-bond donors (Lipinski definition) is 2. The van der Waals surface area contributed by atoms with Crippen LogP contribution in [0.1, 0.15) is 19.3 Å². The number of amides is 2. The lowest BCUT2D eigenvalue weighted by atomic mass is 10.0. The Bertz CT molecular complexity index is 536. The van der Waals surface area contributed by atoms with Gasteiger partial charge in [0.15, 0.2) is 0 Å². The van der Waals surface area contributed by atoms with Gasteiger partial charge in [-0.25, -0.2) is 4.79 Å². The Hall–Kier alpha value is -1.86. The van der Waals surface area contributed by atoms with Gasteiger partial charge in [-0.1, -0.05) is 12.2 Å². The zero-order chi connectivity index (χ0) is 15.9. The van der Waals surface area contributed by atoms with Crippen molar-refractivity contribution >= 4 is 11.7 Å². The van der Waals surface area contributed by atoms with Crippen molar-refractivity contribution in [2.24, 2.45) is 0 Å². The highest BCUT2D eigenvalue weighted by molar-refractivity contribution is 5.89. The van der Waals surface area contributed by atoms with E-state index in [1.165, 1.54) is 0 Å². The molecule has 0 spiro atoms. The number of nitrogens with zero attached hydrogens (tertiary/aromatic N) is 3. The number of urea groups is 1. The molecule has 0 unspecified atom stereocenters. The molecule has 1 aliphatic carbocycles. The Labute approximate surface area is 136 Å². The van der Waals surface area contributed by atoms with Gasteiger partial charge in [0, 0.05) is 31.9 Å². The second kappa shape index (κ2) is 8.12. The summed E-state index contributed by atoms with van der Waals surface area (Å²) >= 11 is 0. The van der Waals surface area contributed by atoms with Crippen LogP contribution in [0.15, 0.2) is 24.5 Å². The minimum absolute atomic E-state index is 0.139. The predicted molar refractivity (Wildman–Crippen MR) is 88.4 cm³/mol. The normalized spacial score (nSPS) is 22.0. The van der Waals surface area contributed by atoms with Crippen molar-refractivity contribution in [1.29, 1.82) is 0 Å². The van der Waals surface area contributed by atoms with E-state index < -0.39 is 0 Å².